The Kier molecular flexibility index (Phi) is 5.88. The van der Waals surface area contributed by atoms with E-state index in [0.29, 0.717) is 24.9 Å². The van der Waals surface area contributed by atoms with Gasteiger partial charge >= 0.3 is 0 Å². The van der Waals surface area contributed by atoms with Crippen molar-refractivity contribution in [2.75, 3.05) is 26.7 Å². The first kappa shape index (κ1) is 19.1. The first-order valence-electron chi connectivity index (χ1n) is 9.10. The summed E-state index contributed by atoms with van der Waals surface area (Å²) in [5, 5.41) is 18.9. The van der Waals surface area contributed by atoms with E-state index in [1.165, 1.54) is 0 Å². The first-order valence-corrected chi connectivity index (χ1v) is 9.10. The van der Waals surface area contributed by atoms with E-state index >= 15 is 0 Å². The number of rotatable bonds is 6. The van der Waals surface area contributed by atoms with Gasteiger partial charge in [0.05, 0.1) is 12.0 Å². The number of nitrogens with one attached hydrogen (secondary N) is 3. The summed E-state index contributed by atoms with van der Waals surface area (Å²) in [7, 11) is 1.62. The van der Waals surface area contributed by atoms with Gasteiger partial charge in [0.15, 0.2) is 0 Å². The van der Waals surface area contributed by atoms with Crippen LogP contribution in [0.25, 0.3) is 11.1 Å². The maximum Gasteiger partial charge on any atom is 0.251 e. The normalized spacial score (nSPS) is 18.9. The van der Waals surface area contributed by atoms with Crippen LogP contribution in [-0.2, 0) is 11.2 Å². The average molecular weight is 367 g/mol. The molecule has 4 N–H and O–H groups in total. The fourth-order valence-electron chi connectivity index (χ4n) is 3.16. The zero-order valence-corrected chi connectivity index (χ0v) is 15.4. The fraction of sp³-hybridized carbons (Fsp3) is 0.333. The molecule has 0 unspecified atom stereocenters. The molecule has 142 valence electrons. The average Bonchev–Trinajstić information content (AvgIpc) is 3.13. The van der Waals surface area contributed by atoms with Gasteiger partial charge in [-0.1, -0.05) is 36.4 Å². The van der Waals surface area contributed by atoms with Crippen molar-refractivity contribution in [2.45, 2.75) is 18.4 Å². The molecule has 0 bridgehead atoms. The highest BCUT2D eigenvalue weighted by molar-refractivity contribution is 5.95. The van der Waals surface area contributed by atoms with Crippen LogP contribution < -0.4 is 16.0 Å². The van der Waals surface area contributed by atoms with Gasteiger partial charge in [0.1, 0.15) is 0 Å². The van der Waals surface area contributed by atoms with Gasteiger partial charge in [0, 0.05) is 25.7 Å². The Morgan fingerprint density at radius 1 is 1.15 bits per heavy atom. The Hall–Kier alpha value is -2.70. The SMILES string of the molecule is CNC(=O)Cc1ccc(-c2cccc(C(=O)NC[C@]3(O)CCNC3)c2)cc1. The number of carbonyl (C=O) groups excluding carboxylic acids is 2. The van der Waals surface area contributed by atoms with E-state index < -0.39 is 5.60 Å². The molecule has 0 radical (unpaired) electrons. The van der Waals surface area contributed by atoms with Crippen LogP contribution in [-0.4, -0.2) is 49.2 Å². The molecule has 1 heterocycles. The number of hydrogen-bond acceptors (Lipinski definition) is 4. The van der Waals surface area contributed by atoms with Gasteiger partial charge in [-0.15, -0.1) is 0 Å². The molecule has 1 aliphatic heterocycles. The minimum atomic E-state index is -0.867. The van der Waals surface area contributed by atoms with Gasteiger partial charge in [-0.3, -0.25) is 9.59 Å². The topological polar surface area (TPSA) is 90.5 Å². The van der Waals surface area contributed by atoms with Gasteiger partial charge in [0.2, 0.25) is 5.91 Å². The van der Waals surface area contributed by atoms with Crippen molar-refractivity contribution in [3.8, 4) is 11.1 Å². The molecule has 1 fully saturated rings. The van der Waals surface area contributed by atoms with E-state index in [4.69, 9.17) is 0 Å². The summed E-state index contributed by atoms with van der Waals surface area (Å²) < 4.78 is 0. The molecule has 6 nitrogen and oxygen atoms in total. The van der Waals surface area contributed by atoms with Crippen molar-refractivity contribution in [1.82, 2.24) is 16.0 Å². The molecule has 1 aliphatic rings. The molecule has 1 saturated heterocycles. The quantitative estimate of drug-likeness (QED) is 0.615. The molecular weight excluding hydrogens is 342 g/mol. The van der Waals surface area contributed by atoms with Crippen molar-refractivity contribution in [3.05, 3.63) is 59.7 Å². The monoisotopic (exact) mass is 367 g/mol. The largest absolute Gasteiger partial charge is 0.387 e. The highest BCUT2D eigenvalue weighted by atomic mass is 16.3. The zero-order chi connectivity index (χ0) is 19.3. The minimum Gasteiger partial charge on any atom is -0.387 e. The minimum absolute atomic E-state index is 0.0273. The second kappa shape index (κ2) is 8.33. The molecule has 27 heavy (non-hydrogen) atoms. The summed E-state index contributed by atoms with van der Waals surface area (Å²) in [5.74, 6) is -0.228. The predicted octanol–water partition coefficient (Wildman–Crippen LogP) is 1.10. The molecule has 2 aromatic rings. The van der Waals surface area contributed by atoms with Crippen molar-refractivity contribution >= 4 is 11.8 Å². The van der Waals surface area contributed by atoms with E-state index in [-0.39, 0.29) is 18.4 Å². The van der Waals surface area contributed by atoms with E-state index in [1.807, 2.05) is 42.5 Å². The second-order valence-corrected chi connectivity index (χ2v) is 6.96. The second-order valence-electron chi connectivity index (χ2n) is 6.96. The van der Waals surface area contributed by atoms with Gasteiger partial charge < -0.3 is 21.1 Å². The number of carbonyl (C=O) groups is 2. The van der Waals surface area contributed by atoms with E-state index in [9.17, 15) is 14.7 Å². The van der Waals surface area contributed by atoms with Crippen LogP contribution in [0.15, 0.2) is 48.5 Å². The van der Waals surface area contributed by atoms with Crippen LogP contribution in [0.1, 0.15) is 22.3 Å². The van der Waals surface area contributed by atoms with Gasteiger partial charge in [-0.2, -0.15) is 0 Å². The third kappa shape index (κ3) is 4.93. The molecular formula is C21H25N3O3. The Labute approximate surface area is 159 Å². The first-order chi connectivity index (χ1) is 13.0. The number of amides is 2. The van der Waals surface area contributed by atoms with Crippen LogP contribution in [0, 0.1) is 0 Å². The molecule has 1 atom stereocenters. The summed E-state index contributed by atoms with van der Waals surface area (Å²) in [4.78, 5) is 23.9. The summed E-state index contributed by atoms with van der Waals surface area (Å²) >= 11 is 0. The molecule has 0 aromatic heterocycles. The maximum absolute atomic E-state index is 12.4. The summed E-state index contributed by atoms with van der Waals surface area (Å²) in [6, 6.07) is 15.1. The lowest BCUT2D eigenvalue weighted by molar-refractivity contribution is -0.119. The summed E-state index contributed by atoms with van der Waals surface area (Å²) in [6.45, 7) is 1.49. The van der Waals surface area contributed by atoms with Crippen molar-refractivity contribution in [3.63, 3.8) is 0 Å². The van der Waals surface area contributed by atoms with Crippen LogP contribution >= 0.6 is 0 Å². The molecule has 0 spiro atoms. The Morgan fingerprint density at radius 2 is 1.93 bits per heavy atom. The van der Waals surface area contributed by atoms with Crippen molar-refractivity contribution in [2.24, 2.45) is 0 Å². The van der Waals surface area contributed by atoms with Crippen LogP contribution in [0.5, 0.6) is 0 Å². The molecule has 2 amide bonds. The number of benzene rings is 2. The number of β-amino-alcohol motifs (C(OH)–C–C–N with tert-alkyl or cyclic N) is 1. The fourth-order valence-corrected chi connectivity index (χ4v) is 3.16. The third-order valence-corrected chi connectivity index (χ3v) is 4.85. The van der Waals surface area contributed by atoms with Crippen LogP contribution in [0.4, 0.5) is 0 Å². The van der Waals surface area contributed by atoms with Gasteiger partial charge in [-0.05, 0) is 41.8 Å². The van der Waals surface area contributed by atoms with E-state index in [0.717, 1.165) is 23.2 Å². The predicted molar refractivity (Wildman–Crippen MR) is 104 cm³/mol. The number of likely N-dealkylation sites (N-methyl/N-ethyl adjacent to an activating group) is 1. The number of aliphatic hydroxyl groups is 1. The standard InChI is InChI=1S/C21H25N3O3/c1-22-19(25)11-15-5-7-16(8-6-15)17-3-2-4-18(12-17)20(26)24-14-21(27)9-10-23-13-21/h2-8,12,23,27H,9-11,13-14H2,1H3,(H,22,25)(H,24,26)/t21-/m0/s1. The Balaban J connectivity index is 1.67. The maximum atomic E-state index is 12.4. The lowest BCUT2D eigenvalue weighted by Gasteiger charge is -2.21. The summed E-state index contributed by atoms with van der Waals surface area (Å²) in [5.41, 5.74) is 2.52. The van der Waals surface area contributed by atoms with Crippen molar-refractivity contribution in [1.29, 1.82) is 0 Å². The molecule has 2 aromatic carbocycles. The lowest BCUT2D eigenvalue weighted by atomic mass is 10.00. The van der Waals surface area contributed by atoms with Crippen LogP contribution in [0.2, 0.25) is 0 Å². The molecule has 0 aliphatic carbocycles. The number of hydrogen-bond donors (Lipinski definition) is 4. The molecule has 0 saturated carbocycles. The van der Waals surface area contributed by atoms with Crippen molar-refractivity contribution < 1.29 is 14.7 Å². The Morgan fingerprint density at radius 3 is 2.59 bits per heavy atom. The smallest absolute Gasteiger partial charge is 0.251 e. The summed E-state index contributed by atoms with van der Waals surface area (Å²) in [6.07, 6.45) is 0.979. The molecule has 3 rings (SSSR count). The highest BCUT2D eigenvalue weighted by Crippen LogP contribution is 2.21. The van der Waals surface area contributed by atoms with E-state index in [1.54, 1.807) is 13.1 Å². The lowest BCUT2D eigenvalue weighted by Crippen LogP contribution is -2.44. The molecule has 6 heteroatoms. The Bertz CT molecular complexity index is 812. The van der Waals surface area contributed by atoms with Gasteiger partial charge in [0.25, 0.3) is 5.91 Å². The highest BCUT2D eigenvalue weighted by Gasteiger charge is 2.31. The zero-order valence-electron chi connectivity index (χ0n) is 15.4. The van der Waals surface area contributed by atoms with E-state index in [2.05, 4.69) is 16.0 Å². The van der Waals surface area contributed by atoms with Crippen LogP contribution in [0.3, 0.4) is 0 Å². The van der Waals surface area contributed by atoms with Gasteiger partial charge in [-0.25, -0.2) is 0 Å². The third-order valence-electron chi connectivity index (χ3n) is 4.85.